The molecule has 0 amide bonds. The number of hydrogen-bond donors (Lipinski definition) is 0. The fourth-order valence-electron chi connectivity index (χ4n) is 0.723. The summed E-state index contributed by atoms with van der Waals surface area (Å²) in [5, 5.41) is 0. The molecule has 1 aliphatic rings. The third-order valence-electron chi connectivity index (χ3n) is 1.32. The van der Waals surface area contributed by atoms with Gasteiger partial charge in [-0.3, -0.25) is 4.79 Å². The minimum Gasteiger partial charge on any atom is -0.465 e. The Hall–Kier alpha value is -0.740. The predicted octanol–water partition coefficient (Wildman–Crippen LogP) is 1.11. The van der Waals surface area contributed by atoms with Crippen LogP contribution in [0.4, 0.5) is 13.2 Å². The molecule has 0 aromatic carbocycles. The van der Waals surface area contributed by atoms with Crippen LogP contribution in [0.5, 0.6) is 0 Å². The van der Waals surface area contributed by atoms with Gasteiger partial charge >= 0.3 is 12.1 Å². The topological polar surface area (TPSA) is 26.3 Å². The number of cyclic esters (lactones) is 1. The molecular weight excluding hydrogens is 149 g/mol. The standard InChI is InChI=1S/C5H5F3O2/c6-5(7,8)3-1-4(9)10-2-3/h3H,1-2H2/t3-/m1/s1. The lowest BCUT2D eigenvalue weighted by Gasteiger charge is -2.09. The van der Waals surface area contributed by atoms with Gasteiger partial charge in [0.15, 0.2) is 0 Å². The molecule has 1 fully saturated rings. The molecule has 0 radical (unpaired) electrons. The monoisotopic (exact) mass is 154 g/mol. The van der Waals surface area contributed by atoms with Crippen LogP contribution in [-0.4, -0.2) is 18.8 Å². The van der Waals surface area contributed by atoms with Gasteiger partial charge in [-0.15, -0.1) is 0 Å². The highest BCUT2D eigenvalue weighted by Crippen LogP contribution is 2.32. The van der Waals surface area contributed by atoms with Crippen molar-refractivity contribution in [2.75, 3.05) is 6.61 Å². The first kappa shape index (κ1) is 7.37. The molecule has 0 aromatic heterocycles. The first-order valence-electron chi connectivity index (χ1n) is 2.72. The first-order valence-corrected chi connectivity index (χ1v) is 2.72. The van der Waals surface area contributed by atoms with Crippen LogP contribution in [0.3, 0.4) is 0 Å². The van der Waals surface area contributed by atoms with Gasteiger partial charge in [-0.25, -0.2) is 0 Å². The molecule has 0 bridgehead atoms. The molecule has 2 nitrogen and oxygen atoms in total. The van der Waals surface area contributed by atoms with E-state index in [9.17, 15) is 18.0 Å². The Kier molecular flexibility index (Phi) is 1.58. The minimum absolute atomic E-state index is 0.512. The molecule has 0 N–H and O–H groups in total. The molecule has 0 unspecified atom stereocenters. The Morgan fingerprint density at radius 1 is 1.50 bits per heavy atom. The van der Waals surface area contributed by atoms with E-state index in [0.717, 1.165) is 0 Å². The van der Waals surface area contributed by atoms with Crippen molar-refractivity contribution in [2.45, 2.75) is 12.6 Å². The average molecular weight is 154 g/mol. The Bertz CT molecular complexity index is 151. The molecule has 1 atom stereocenters. The molecular formula is C5H5F3O2. The molecule has 0 saturated carbocycles. The van der Waals surface area contributed by atoms with Gasteiger partial charge in [0.05, 0.1) is 12.3 Å². The SMILES string of the molecule is O=C1C[C@@H](C(F)(F)F)CO1. The molecule has 1 heterocycles. The summed E-state index contributed by atoms with van der Waals surface area (Å²) in [5.74, 6) is -2.35. The minimum atomic E-state index is -4.29. The van der Waals surface area contributed by atoms with E-state index in [1.54, 1.807) is 0 Å². The van der Waals surface area contributed by atoms with Gasteiger partial charge in [-0.1, -0.05) is 0 Å². The third-order valence-corrected chi connectivity index (χ3v) is 1.32. The van der Waals surface area contributed by atoms with E-state index in [1.165, 1.54) is 0 Å². The van der Waals surface area contributed by atoms with Gasteiger partial charge < -0.3 is 4.74 Å². The van der Waals surface area contributed by atoms with E-state index in [1.807, 2.05) is 0 Å². The van der Waals surface area contributed by atoms with Crippen LogP contribution < -0.4 is 0 Å². The summed E-state index contributed by atoms with van der Waals surface area (Å²) in [4.78, 5) is 10.2. The van der Waals surface area contributed by atoms with E-state index in [-0.39, 0.29) is 0 Å². The summed E-state index contributed by atoms with van der Waals surface area (Å²) >= 11 is 0. The highest BCUT2D eigenvalue weighted by Gasteiger charge is 2.45. The predicted molar refractivity (Wildman–Crippen MR) is 25.1 cm³/mol. The van der Waals surface area contributed by atoms with Gasteiger partial charge in [-0.05, 0) is 0 Å². The summed E-state index contributed by atoms with van der Waals surface area (Å²) in [6.07, 6.45) is -4.81. The quantitative estimate of drug-likeness (QED) is 0.488. The zero-order chi connectivity index (χ0) is 7.78. The zero-order valence-corrected chi connectivity index (χ0v) is 4.94. The van der Waals surface area contributed by atoms with Crippen molar-refractivity contribution in [3.63, 3.8) is 0 Å². The van der Waals surface area contributed by atoms with Crippen LogP contribution in [0.15, 0.2) is 0 Å². The summed E-state index contributed by atoms with van der Waals surface area (Å²) in [6, 6.07) is 0. The fraction of sp³-hybridized carbons (Fsp3) is 0.800. The highest BCUT2D eigenvalue weighted by molar-refractivity contribution is 5.71. The molecule has 0 spiro atoms. The van der Waals surface area contributed by atoms with Gasteiger partial charge in [0.25, 0.3) is 0 Å². The van der Waals surface area contributed by atoms with Crippen molar-refractivity contribution >= 4 is 5.97 Å². The lowest BCUT2D eigenvalue weighted by molar-refractivity contribution is -0.173. The fourth-order valence-corrected chi connectivity index (χ4v) is 0.723. The van der Waals surface area contributed by atoms with Gasteiger partial charge in [0.2, 0.25) is 0 Å². The van der Waals surface area contributed by atoms with E-state index < -0.39 is 31.1 Å². The van der Waals surface area contributed by atoms with E-state index >= 15 is 0 Å². The Balaban J connectivity index is 2.53. The molecule has 5 heteroatoms. The van der Waals surface area contributed by atoms with Crippen LogP contribution in [-0.2, 0) is 9.53 Å². The second-order valence-corrected chi connectivity index (χ2v) is 2.13. The summed E-state index contributed by atoms with van der Waals surface area (Å²) in [5.41, 5.74) is 0. The van der Waals surface area contributed by atoms with Crippen LogP contribution in [0.2, 0.25) is 0 Å². The summed E-state index contributed by atoms with van der Waals surface area (Å²) in [7, 11) is 0. The average Bonchev–Trinajstić information content (AvgIpc) is 2.11. The Morgan fingerprint density at radius 2 is 2.10 bits per heavy atom. The van der Waals surface area contributed by atoms with Crippen LogP contribution in [0, 0.1) is 5.92 Å². The maximum atomic E-state index is 11.7. The van der Waals surface area contributed by atoms with Crippen molar-refractivity contribution < 1.29 is 22.7 Å². The van der Waals surface area contributed by atoms with Gasteiger partial charge in [-0.2, -0.15) is 13.2 Å². The molecule has 58 valence electrons. The highest BCUT2D eigenvalue weighted by atomic mass is 19.4. The normalized spacial score (nSPS) is 26.7. The van der Waals surface area contributed by atoms with Gasteiger partial charge in [0, 0.05) is 0 Å². The maximum Gasteiger partial charge on any atom is 0.395 e. The Labute approximate surface area is 55.0 Å². The van der Waals surface area contributed by atoms with E-state index in [0.29, 0.717) is 0 Å². The Morgan fingerprint density at radius 3 is 2.30 bits per heavy atom. The number of alkyl halides is 3. The third kappa shape index (κ3) is 1.40. The summed E-state index contributed by atoms with van der Waals surface area (Å²) < 4.78 is 39.2. The number of ether oxygens (including phenoxy) is 1. The van der Waals surface area contributed by atoms with Crippen molar-refractivity contribution in [2.24, 2.45) is 5.92 Å². The molecule has 10 heavy (non-hydrogen) atoms. The molecule has 0 aliphatic carbocycles. The van der Waals surface area contributed by atoms with E-state index in [2.05, 4.69) is 4.74 Å². The lowest BCUT2D eigenvalue weighted by Crippen LogP contribution is -2.22. The largest absolute Gasteiger partial charge is 0.465 e. The van der Waals surface area contributed by atoms with E-state index in [4.69, 9.17) is 0 Å². The molecule has 1 aliphatic heterocycles. The van der Waals surface area contributed by atoms with Crippen molar-refractivity contribution in [3.8, 4) is 0 Å². The first-order chi connectivity index (χ1) is 4.50. The van der Waals surface area contributed by atoms with Crippen LogP contribution in [0.1, 0.15) is 6.42 Å². The smallest absolute Gasteiger partial charge is 0.395 e. The summed E-state index contributed by atoms with van der Waals surface area (Å²) in [6.45, 7) is -0.512. The zero-order valence-electron chi connectivity index (χ0n) is 4.94. The number of carbonyl (C=O) groups is 1. The van der Waals surface area contributed by atoms with Crippen molar-refractivity contribution in [1.82, 2.24) is 0 Å². The number of rotatable bonds is 0. The lowest BCUT2D eigenvalue weighted by atomic mass is 10.1. The van der Waals surface area contributed by atoms with Crippen molar-refractivity contribution in [3.05, 3.63) is 0 Å². The second kappa shape index (κ2) is 2.14. The molecule has 0 aromatic rings. The number of carbonyl (C=O) groups excluding carboxylic acids is 1. The number of hydrogen-bond acceptors (Lipinski definition) is 2. The molecule has 1 saturated heterocycles. The van der Waals surface area contributed by atoms with Crippen LogP contribution >= 0.6 is 0 Å². The van der Waals surface area contributed by atoms with Gasteiger partial charge in [0.1, 0.15) is 6.61 Å². The molecule has 1 rings (SSSR count). The number of halogens is 3. The maximum absolute atomic E-state index is 11.7. The second-order valence-electron chi connectivity index (χ2n) is 2.13. The van der Waals surface area contributed by atoms with Crippen LogP contribution in [0.25, 0.3) is 0 Å². The van der Waals surface area contributed by atoms with Crippen molar-refractivity contribution in [1.29, 1.82) is 0 Å². The number of esters is 1.